The molecule has 0 aliphatic rings. The van der Waals surface area contributed by atoms with Crippen LogP contribution in [0.25, 0.3) is 11.3 Å². The van der Waals surface area contributed by atoms with Crippen LogP contribution in [-0.4, -0.2) is 33.3 Å². The normalized spacial score (nSPS) is 10.4. The first kappa shape index (κ1) is 21.5. The Balaban J connectivity index is 1.97. The summed E-state index contributed by atoms with van der Waals surface area (Å²) in [6.07, 6.45) is 0. The van der Waals surface area contributed by atoms with E-state index in [0.717, 1.165) is 29.5 Å². The number of carbonyl (C=O) groups excluding carboxylic acids is 2. The van der Waals surface area contributed by atoms with E-state index in [9.17, 15) is 29.8 Å². The fourth-order valence-electron chi connectivity index (χ4n) is 2.61. The molecular weight excluding hydrogens is 428 g/mol. The molecule has 0 atom stereocenters. The largest absolute Gasteiger partial charge is 0.462 e. The van der Waals surface area contributed by atoms with Gasteiger partial charge in [0.25, 0.3) is 17.3 Å². The van der Waals surface area contributed by atoms with E-state index in [1.807, 2.05) is 0 Å². The number of benzene rings is 2. The zero-order valence-corrected chi connectivity index (χ0v) is 16.8. The van der Waals surface area contributed by atoms with Gasteiger partial charge in [-0.25, -0.2) is 9.78 Å². The van der Waals surface area contributed by atoms with Crippen LogP contribution >= 0.6 is 11.3 Å². The third-order valence-corrected chi connectivity index (χ3v) is 4.89. The zero-order valence-electron chi connectivity index (χ0n) is 15.9. The first-order valence-electron chi connectivity index (χ1n) is 8.78. The van der Waals surface area contributed by atoms with Gasteiger partial charge in [0, 0.05) is 17.7 Å². The zero-order chi connectivity index (χ0) is 22.5. The summed E-state index contributed by atoms with van der Waals surface area (Å²) in [5, 5.41) is 24.5. The molecule has 1 amide bonds. The summed E-state index contributed by atoms with van der Waals surface area (Å²) in [7, 11) is 0. The number of ether oxygens (including phenoxy) is 1. The van der Waals surface area contributed by atoms with Crippen LogP contribution in [0.2, 0.25) is 0 Å². The highest BCUT2D eigenvalue weighted by molar-refractivity contribution is 7.18. The highest BCUT2D eigenvalue weighted by atomic mass is 32.1. The van der Waals surface area contributed by atoms with Crippen molar-refractivity contribution in [3.05, 3.63) is 79.2 Å². The predicted octanol–water partition coefficient (Wildman–Crippen LogP) is 4.06. The molecule has 3 aromatic rings. The molecule has 0 aliphatic carbocycles. The van der Waals surface area contributed by atoms with E-state index in [0.29, 0.717) is 11.3 Å². The number of carbonyl (C=O) groups is 2. The molecule has 0 fully saturated rings. The minimum atomic E-state index is -0.851. The summed E-state index contributed by atoms with van der Waals surface area (Å²) in [6.45, 7) is 1.79. The topological polar surface area (TPSA) is 155 Å². The van der Waals surface area contributed by atoms with Gasteiger partial charge in [-0.3, -0.25) is 30.3 Å². The summed E-state index contributed by atoms with van der Waals surface area (Å²) in [5.41, 5.74) is -0.584. The lowest BCUT2D eigenvalue weighted by Gasteiger charge is -2.02. The Labute approximate surface area is 178 Å². The Morgan fingerprint density at radius 2 is 1.68 bits per heavy atom. The lowest BCUT2D eigenvalue weighted by molar-refractivity contribution is -0.394. The van der Waals surface area contributed by atoms with Crippen molar-refractivity contribution in [2.45, 2.75) is 6.92 Å². The van der Waals surface area contributed by atoms with Gasteiger partial charge in [-0.15, -0.1) is 0 Å². The number of hydrogen-bond acceptors (Lipinski definition) is 9. The lowest BCUT2D eigenvalue weighted by Crippen LogP contribution is -2.12. The van der Waals surface area contributed by atoms with Crippen LogP contribution in [0.5, 0.6) is 0 Å². The average Bonchev–Trinajstić information content (AvgIpc) is 3.18. The van der Waals surface area contributed by atoms with E-state index in [-0.39, 0.29) is 22.2 Å². The highest BCUT2D eigenvalue weighted by Gasteiger charge is 2.24. The van der Waals surface area contributed by atoms with E-state index >= 15 is 0 Å². The van der Waals surface area contributed by atoms with Gasteiger partial charge in [-0.2, -0.15) is 0 Å². The fourth-order valence-corrected chi connectivity index (χ4v) is 3.48. The van der Waals surface area contributed by atoms with E-state index in [2.05, 4.69) is 10.3 Å². The maximum absolute atomic E-state index is 12.6. The molecule has 3 rings (SSSR count). The highest BCUT2D eigenvalue weighted by Crippen LogP contribution is 2.32. The van der Waals surface area contributed by atoms with Crippen LogP contribution in [0, 0.1) is 20.2 Å². The number of hydrogen-bond donors (Lipinski definition) is 1. The first-order chi connectivity index (χ1) is 14.8. The van der Waals surface area contributed by atoms with Crippen LogP contribution in [0.3, 0.4) is 0 Å². The van der Waals surface area contributed by atoms with Gasteiger partial charge >= 0.3 is 5.97 Å². The maximum Gasteiger partial charge on any atom is 0.350 e. The molecule has 158 valence electrons. The van der Waals surface area contributed by atoms with Crippen LogP contribution in [0.4, 0.5) is 16.5 Å². The standard InChI is InChI=1S/C19H14N4O7S/c1-2-30-18(25)16-15(11-6-4-3-5-7-11)20-19(31-16)21-17(24)12-8-13(22(26)27)10-14(9-12)23(28)29/h3-10H,2H2,1H3,(H,20,21,24). The number of nitrogens with one attached hydrogen (secondary N) is 1. The maximum atomic E-state index is 12.6. The number of nitrogens with zero attached hydrogens (tertiary/aromatic N) is 3. The van der Waals surface area contributed by atoms with Crippen molar-refractivity contribution in [1.29, 1.82) is 0 Å². The molecule has 0 saturated heterocycles. The number of nitro benzene ring substituents is 2. The van der Waals surface area contributed by atoms with Gasteiger partial charge in [0.1, 0.15) is 4.88 Å². The molecule has 0 spiro atoms. The Bertz CT molecular complexity index is 1150. The second-order valence-corrected chi connectivity index (χ2v) is 6.99. The second-order valence-electron chi connectivity index (χ2n) is 5.99. The predicted molar refractivity (Wildman–Crippen MR) is 111 cm³/mol. The van der Waals surface area contributed by atoms with Crippen LogP contribution in [0.15, 0.2) is 48.5 Å². The number of anilines is 1. The van der Waals surface area contributed by atoms with Crippen LogP contribution in [0.1, 0.15) is 27.0 Å². The molecule has 2 aromatic carbocycles. The smallest absolute Gasteiger partial charge is 0.350 e. The number of esters is 1. The average molecular weight is 442 g/mol. The van der Waals surface area contributed by atoms with Crippen LogP contribution < -0.4 is 5.32 Å². The van der Waals surface area contributed by atoms with Crippen molar-refractivity contribution in [3.63, 3.8) is 0 Å². The summed E-state index contributed by atoms with van der Waals surface area (Å²) in [4.78, 5) is 49.8. The van der Waals surface area contributed by atoms with E-state index < -0.39 is 33.1 Å². The van der Waals surface area contributed by atoms with E-state index in [1.165, 1.54) is 0 Å². The third-order valence-electron chi connectivity index (χ3n) is 3.94. The Kier molecular flexibility index (Phi) is 6.31. The molecule has 1 aromatic heterocycles. The number of thiazole rings is 1. The van der Waals surface area contributed by atoms with Gasteiger partial charge in [-0.1, -0.05) is 41.7 Å². The van der Waals surface area contributed by atoms with Gasteiger partial charge in [0.05, 0.1) is 33.8 Å². The number of nitro groups is 2. The van der Waals surface area contributed by atoms with E-state index in [4.69, 9.17) is 4.74 Å². The molecule has 0 radical (unpaired) electrons. The number of amides is 1. The van der Waals surface area contributed by atoms with Gasteiger partial charge < -0.3 is 4.74 Å². The second kappa shape index (κ2) is 9.09. The summed E-state index contributed by atoms with van der Waals surface area (Å²) in [5.74, 6) is -1.47. The summed E-state index contributed by atoms with van der Waals surface area (Å²) < 4.78 is 5.05. The molecule has 1 heterocycles. The van der Waals surface area contributed by atoms with Crippen molar-refractivity contribution in [2.24, 2.45) is 0 Å². The Morgan fingerprint density at radius 1 is 1.06 bits per heavy atom. The number of rotatable bonds is 7. The molecule has 11 nitrogen and oxygen atoms in total. The SMILES string of the molecule is CCOC(=O)c1sc(NC(=O)c2cc([N+](=O)[O-])cc([N+](=O)[O-])c2)nc1-c1ccccc1. The first-order valence-corrected chi connectivity index (χ1v) is 9.60. The molecule has 1 N–H and O–H groups in total. The van der Waals surface area contributed by atoms with Crippen LogP contribution in [-0.2, 0) is 4.74 Å². The molecule has 0 bridgehead atoms. The van der Waals surface area contributed by atoms with Crippen molar-refractivity contribution in [2.75, 3.05) is 11.9 Å². The van der Waals surface area contributed by atoms with Gasteiger partial charge in [0.15, 0.2) is 5.13 Å². The van der Waals surface area contributed by atoms with Crippen molar-refractivity contribution in [3.8, 4) is 11.3 Å². The quantitative estimate of drug-likeness (QED) is 0.326. The van der Waals surface area contributed by atoms with Gasteiger partial charge in [-0.05, 0) is 6.92 Å². The molecule has 0 unspecified atom stereocenters. The Hall–Kier alpha value is -4.19. The number of aromatic nitrogens is 1. The molecule has 0 saturated carbocycles. The third kappa shape index (κ3) is 4.87. The minimum absolute atomic E-state index is 0.0288. The fraction of sp³-hybridized carbons (Fsp3) is 0.105. The molecule has 0 aliphatic heterocycles. The van der Waals surface area contributed by atoms with Crippen molar-refractivity contribution < 1.29 is 24.2 Å². The van der Waals surface area contributed by atoms with Crippen molar-refractivity contribution in [1.82, 2.24) is 4.98 Å². The summed E-state index contributed by atoms with van der Waals surface area (Å²) >= 11 is 0.861. The summed E-state index contributed by atoms with van der Waals surface area (Å²) in [6, 6.07) is 11.3. The minimum Gasteiger partial charge on any atom is -0.462 e. The van der Waals surface area contributed by atoms with Crippen molar-refractivity contribution >= 4 is 39.7 Å². The Morgan fingerprint density at radius 3 is 2.23 bits per heavy atom. The lowest BCUT2D eigenvalue weighted by atomic mass is 10.1. The van der Waals surface area contributed by atoms with E-state index in [1.54, 1.807) is 37.3 Å². The van der Waals surface area contributed by atoms with Gasteiger partial charge in [0.2, 0.25) is 0 Å². The number of non-ortho nitro benzene ring substituents is 2. The molecular formula is C19H14N4O7S. The monoisotopic (exact) mass is 442 g/mol. The molecule has 12 heteroatoms. The molecule has 31 heavy (non-hydrogen) atoms.